The van der Waals surface area contributed by atoms with Crippen LogP contribution < -0.4 is 0 Å². The Balaban J connectivity index is 2.32. The predicted octanol–water partition coefficient (Wildman–Crippen LogP) is 2.98. The number of imidazole rings is 1. The van der Waals surface area contributed by atoms with Crippen LogP contribution in [0.4, 0.5) is 4.79 Å². The van der Waals surface area contributed by atoms with Crippen molar-refractivity contribution in [3.63, 3.8) is 0 Å². The molecule has 0 aromatic carbocycles. The maximum absolute atomic E-state index is 12.9. The second-order valence-electron chi connectivity index (χ2n) is 9.01. The van der Waals surface area contributed by atoms with Crippen LogP contribution in [0.2, 0.25) is 0 Å². The van der Waals surface area contributed by atoms with Crippen LogP contribution in [0.5, 0.6) is 0 Å². The minimum Gasteiger partial charge on any atom is -0.445 e. The van der Waals surface area contributed by atoms with Gasteiger partial charge in [0, 0.05) is 30.9 Å². The molecule has 1 aliphatic heterocycles. The summed E-state index contributed by atoms with van der Waals surface area (Å²) in [5.74, 6) is 0.295. The number of aromatic nitrogens is 2. The Morgan fingerprint density at radius 2 is 2.15 bits per heavy atom. The third kappa shape index (κ3) is 4.14. The van der Waals surface area contributed by atoms with Crippen LogP contribution in [0.3, 0.4) is 0 Å². The minimum atomic E-state index is -0.657. The summed E-state index contributed by atoms with van der Waals surface area (Å²) in [6, 6.07) is 0. The SMILES string of the molecule is C=CCOC(=O)N1C[C@H](C(C)(C)C)C(C)(C)[C@@]1(CCCn1ccnc1)O[SiH3]. The highest BCUT2D eigenvalue weighted by molar-refractivity contribution is 5.98. The second-order valence-corrected chi connectivity index (χ2v) is 9.42. The van der Waals surface area contributed by atoms with Gasteiger partial charge in [-0.1, -0.05) is 47.3 Å². The van der Waals surface area contributed by atoms with Crippen molar-refractivity contribution in [2.24, 2.45) is 16.7 Å². The lowest BCUT2D eigenvalue weighted by Crippen LogP contribution is -2.56. The first-order chi connectivity index (χ1) is 12.6. The molecule has 1 aromatic heterocycles. The summed E-state index contributed by atoms with van der Waals surface area (Å²) >= 11 is 0. The van der Waals surface area contributed by atoms with Crippen LogP contribution in [0, 0.1) is 16.7 Å². The molecule has 0 spiro atoms. The van der Waals surface area contributed by atoms with E-state index >= 15 is 0 Å². The number of amides is 1. The van der Waals surface area contributed by atoms with Crippen LogP contribution in [0.25, 0.3) is 0 Å². The van der Waals surface area contributed by atoms with E-state index in [4.69, 9.17) is 9.16 Å². The lowest BCUT2D eigenvalue weighted by Gasteiger charge is -2.48. The van der Waals surface area contributed by atoms with E-state index in [0.29, 0.717) is 22.9 Å². The highest BCUT2D eigenvalue weighted by Crippen LogP contribution is 2.57. The van der Waals surface area contributed by atoms with Crippen LogP contribution in [0.1, 0.15) is 47.5 Å². The summed E-state index contributed by atoms with van der Waals surface area (Å²) in [6.45, 7) is 16.5. The van der Waals surface area contributed by atoms with Crippen LogP contribution in [-0.2, 0) is 15.7 Å². The molecule has 0 radical (unpaired) electrons. The van der Waals surface area contributed by atoms with E-state index in [1.807, 2.05) is 17.4 Å². The van der Waals surface area contributed by atoms with E-state index in [9.17, 15) is 4.79 Å². The van der Waals surface area contributed by atoms with Gasteiger partial charge in [0.1, 0.15) is 22.8 Å². The van der Waals surface area contributed by atoms with E-state index < -0.39 is 5.72 Å². The molecule has 6 nitrogen and oxygen atoms in total. The molecular formula is C20H35N3O3Si. The molecule has 0 saturated carbocycles. The Labute approximate surface area is 166 Å². The van der Waals surface area contributed by atoms with Gasteiger partial charge in [-0.25, -0.2) is 9.78 Å². The van der Waals surface area contributed by atoms with Crippen molar-refractivity contribution < 1.29 is 14.0 Å². The van der Waals surface area contributed by atoms with Gasteiger partial charge in [-0.05, 0) is 24.2 Å². The maximum atomic E-state index is 12.9. The van der Waals surface area contributed by atoms with Crippen LogP contribution >= 0.6 is 0 Å². The number of carbonyl (C=O) groups excluding carboxylic acids is 1. The molecule has 1 fully saturated rings. The number of carbonyl (C=O) groups is 1. The number of nitrogens with zero attached hydrogens (tertiary/aromatic N) is 3. The average molecular weight is 394 g/mol. The monoisotopic (exact) mass is 393 g/mol. The van der Waals surface area contributed by atoms with Crippen molar-refractivity contribution in [3.8, 4) is 0 Å². The summed E-state index contributed by atoms with van der Waals surface area (Å²) in [5, 5.41) is 0. The molecule has 27 heavy (non-hydrogen) atoms. The average Bonchev–Trinajstić information content (AvgIpc) is 3.17. The van der Waals surface area contributed by atoms with Crippen molar-refractivity contribution in [1.29, 1.82) is 0 Å². The Kier molecular flexibility index (Phi) is 6.58. The summed E-state index contributed by atoms with van der Waals surface area (Å²) in [4.78, 5) is 18.9. The van der Waals surface area contributed by atoms with Gasteiger partial charge in [0.05, 0.1) is 6.33 Å². The minimum absolute atomic E-state index is 0.0483. The first-order valence-corrected chi connectivity index (χ1v) is 10.5. The molecule has 7 heteroatoms. The zero-order valence-corrected chi connectivity index (χ0v) is 19.7. The highest BCUT2D eigenvalue weighted by Gasteiger charge is 2.63. The summed E-state index contributed by atoms with van der Waals surface area (Å²) in [5.41, 5.74) is -0.808. The number of hydrogen-bond acceptors (Lipinski definition) is 4. The first kappa shape index (κ1) is 21.7. The Hall–Kier alpha value is -1.60. The standard InChI is InChI=1S/C20H35N3O3Si/c1-7-13-25-17(24)23-14-16(18(2,3)4)19(5,6)20(23,26-27)9-8-11-22-12-10-21-15-22/h7,10,12,15-16H,1,8-9,11,13-14H2,2-6,27H3/t16-,20-/m1/s1. The molecule has 2 heterocycles. The van der Waals surface area contributed by atoms with E-state index in [1.165, 1.54) is 0 Å². The molecule has 0 aliphatic carbocycles. The van der Waals surface area contributed by atoms with Gasteiger partial charge in [0.2, 0.25) is 0 Å². The van der Waals surface area contributed by atoms with Gasteiger partial charge in [-0.15, -0.1) is 0 Å². The van der Waals surface area contributed by atoms with Crippen molar-refractivity contribution in [2.45, 2.75) is 59.7 Å². The highest BCUT2D eigenvalue weighted by atomic mass is 28.2. The topological polar surface area (TPSA) is 56.6 Å². The number of ether oxygens (including phenoxy) is 1. The van der Waals surface area contributed by atoms with E-state index in [-0.39, 0.29) is 23.5 Å². The zero-order chi connectivity index (χ0) is 20.3. The van der Waals surface area contributed by atoms with Crippen LogP contribution in [0.15, 0.2) is 31.4 Å². The second kappa shape index (κ2) is 8.18. The molecular weight excluding hydrogens is 358 g/mol. The third-order valence-corrected chi connectivity index (χ3v) is 6.77. The third-order valence-electron chi connectivity index (χ3n) is 6.10. The normalized spacial score (nSPS) is 24.9. The smallest absolute Gasteiger partial charge is 0.412 e. The van der Waals surface area contributed by atoms with Gasteiger partial charge >= 0.3 is 6.09 Å². The van der Waals surface area contributed by atoms with Gasteiger partial charge in [0.25, 0.3) is 0 Å². The lowest BCUT2D eigenvalue weighted by molar-refractivity contribution is -0.124. The molecule has 1 aliphatic rings. The molecule has 0 unspecified atom stereocenters. The lowest BCUT2D eigenvalue weighted by atomic mass is 9.63. The summed E-state index contributed by atoms with van der Waals surface area (Å²) < 4.78 is 13.8. The largest absolute Gasteiger partial charge is 0.445 e. The van der Waals surface area contributed by atoms with E-state index in [2.05, 4.69) is 50.7 Å². The fourth-order valence-corrected chi connectivity index (χ4v) is 5.77. The molecule has 2 rings (SSSR count). The molecule has 152 valence electrons. The van der Waals surface area contributed by atoms with Crippen LogP contribution in [-0.4, -0.2) is 49.9 Å². The molecule has 0 N–H and O–H groups in total. The van der Waals surface area contributed by atoms with E-state index in [1.54, 1.807) is 12.3 Å². The zero-order valence-electron chi connectivity index (χ0n) is 17.7. The Morgan fingerprint density at radius 3 is 2.67 bits per heavy atom. The Morgan fingerprint density at radius 1 is 1.44 bits per heavy atom. The number of rotatable bonds is 7. The van der Waals surface area contributed by atoms with Gasteiger partial charge in [-0.2, -0.15) is 0 Å². The van der Waals surface area contributed by atoms with Crippen molar-refractivity contribution >= 4 is 16.6 Å². The fraction of sp³-hybridized carbons (Fsp3) is 0.700. The van der Waals surface area contributed by atoms with Crippen molar-refractivity contribution in [3.05, 3.63) is 31.4 Å². The van der Waals surface area contributed by atoms with E-state index in [0.717, 1.165) is 19.4 Å². The predicted molar refractivity (Wildman–Crippen MR) is 110 cm³/mol. The number of likely N-dealkylation sites (tertiary alicyclic amines) is 1. The quantitative estimate of drug-likeness (QED) is 0.528. The Bertz CT molecular complexity index is 639. The molecule has 2 atom stereocenters. The van der Waals surface area contributed by atoms with Crippen molar-refractivity contribution in [2.75, 3.05) is 13.2 Å². The van der Waals surface area contributed by atoms with Crippen molar-refractivity contribution in [1.82, 2.24) is 14.5 Å². The fourth-order valence-electron chi connectivity index (χ4n) is 4.82. The van der Waals surface area contributed by atoms with Gasteiger partial charge < -0.3 is 13.7 Å². The van der Waals surface area contributed by atoms with Gasteiger partial charge in [0.15, 0.2) is 0 Å². The first-order valence-electron chi connectivity index (χ1n) is 9.66. The molecule has 1 aromatic rings. The summed E-state index contributed by atoms with van der Waals surface area (Å²) in [6.07, 6.45) is 8.51. The summed E-state index contributed by atoms with van der Waals surface area (Å²) in [7, 11) is 0.547. The molecule has 1 saturated heterocycles. The maximum Gasteiger partial charge on any atom is 0.412 e. The molecule has 1 amide bonds. The number of aryl methyl sites for hydroxylation is 1. The molecule has 0 bridgehead atoms. The van der Waals surface area contributed by atoms with Gasteiger partial charge in [-0.3, -0.25) is 4.90 Å². The number of hydrogen-bond donors (Lipinski definition) is 0.